The van der Waals surface area contributed by atoms with Gasteiger partial charge in [-0.1, -0.05) is 39.7 Å². The molecule has 0 aliphatic rings. The molecule has 0 bridgehead atoms. The van der Waals surface area contributed by atoms with Crippen LogP contribution in [0.15, 0.2) is 12.2 Å². The standard InChI is InChI=1S/C4H8.C4H10.CH4/c1-4(2)3;1-3-4-2;/h1H2,2-3H3;3-4H2,1-2H3;1H4. The molecule has 0 rings (SSSR count). The van der Waals surface area contributed by atoms with Gasteiger partial charge in [-0.2, -0.15) is 0 Å². The van der Waals surface area contributed by atoms with Crippen LogP contribution in [0.4, 0.5) is 0 Å². The number of rotatable bonds is 1. The second-order valence-electron chi connectivity index (χ2n) is 2.21. The highest BCUT2D eigenvalue weighted by molar-refractivity contribution is 4.78. The molecule has 0 heterocycles. The van der Waals surface area contributed by atoms with Crippen molar-refractivity contribution in [3.05, 3.63) is 12.2 Å². The molecule has 0 fully saturated rings. The molecule has 0 amide bonds. The van der Waals surface area contributed by atoms with Crippen LogP contribution in [0.1, 0.15) is 48.0 Å². The highest BCUT2D eigenvalue weighted by Crippen LogP contribution is 1.76. The lowest BCUT2D eigenvalue weighted by Crippen LogP contribution is -1.47. The third-order valence-corrected chi connectivity index (χ3v) is 0.500. The van der Waals surface area contributed by atoms with E-state index >= 15 is 0 Å². The van der Waals surface area contributed by atoms with Crippen LogP contribution in [0, 0.1) is 0 Å². The van der Waals surface area contributed by atoms with Gasteiger partial charge in [0.25, 0.3) is 0 Å². The number of unbranched alkanes of at least 4 members (excludes halogenated alkanes) is 1. The summed E-state index contributed by atoms with van der Waals surface area (Å²) in [5.74, 6) is 0. The zero-order valence-electron chi connectivity index (χ0n) is 6.62. The Balaban J connectivity index is -0.0000000720. The molecule has 0 saturated heterocycles. The molecular weight excluding hydrogens is 108 g/mol. The molecule has 0 N–H and O–H groups in total. The van der Waals surface area contributed by atoms with Gasteiger partial charge in [-0.05, 0) is 13.8 Å². The highest BCUT2D eigenvalue weighted by atomic mass is 13.6. The molecule has 58 valence electrons. The lowest BCUT2D eigenvalue weighted by Gasteiger charge is -1.68. The minimum atomic E-state index is 0. The quantitative estimate of drug-likeness (QED) is 0.470. The van der Waals surface area contributed by atoms with E-state index in [1.165, 1.54) is 18.4 Å². The Morgan fingerprint density at radius 2 is 1.22 bits per heavy atom. The summed E-state index contributed by atoms with van der Waals surface area (Å²) >= 11 is 0. The van der Waals surface area contributed by atoms with Crippen LogP contribution in [0.2, 0.25) is 0 Å². The Labute approximate surface area is 61.0 Å². The molecule has 0 nitrogen and oxygen atoms in total. The summed E-state index contributed by atoms with van der Waals surface area (Å²) in [6.45, 7) is 11.9. The van der Waals surface area contributed by atoms with Gasteiger partial charge in [0, 0.05) is 0 Å². The van der Waals surface area contributed by atoms with Crippen molar-refractivity contribution >= 4 is 0 Å². The smallest absolute Gasteiger partial charge is 0.0445 e. The first-order chi connectivity index (χ1) is 3.65. The average Bonchev–Trinajstić information content (AvgIpc) is 1.65. The molecule has 0 radical (unpaired) electrons. The third-order valence-electron chi connectivity index (χ3n) is 0.500. The van der Waals surface area contributed by atoms with Gasteiger partial charge in [0.05, 0.1) is 0 Å². The molecule has 0 aromatic carbocycles. The van der Waals surface area contributed by atoms with Crippen molar-refractivity contribution in [2.45, 2.75) is 48.0 Å². The van der Waals surface area contributed by atoms with Crippen LogP contribution in [0.5, 0.6) is 0 Å². The molecule has 9 heavy (non-hydrogen) atoms. The predicted octanol–water partition coefficient (Wildman–Crippen LogP) is 4.02. The van der Waals surface area contributed by atoms with Crippen molar-refractivity contribution in [1.29, 1.82) is 0 Å². The Morgan fingerprint density at radius 1 is 1.11 bits per heavy atom. The molecule has 0 aromatic heterocycles. The molecule has 0 heteroatoms. The van der Waals surface area contributed by atoms with E-state index in [1.807, 2.05) is 13.8 Å². The maximum Gasteiger partial charge on any atom is -0.0445 e. The van der Waals surface area contributed by atoms with Crippen molar-refractivity contribution in [1.82, 2.24) is 0 Å². The molecule has 0 aromatic rings. The van der Waals surface area contributed by atoms with Gasteiger partial charge in [0.1, 0.15) is 0 Å². The fourth-order valence-corrected chi connectivity index (χ4v) is 0. The number of allylic oxidation sites excluding steroid dienone is 1. The summed E-state index contributed by atoms with van der Waals surface area (Å²) in [4.78, 5) is 0. The Hall–Kier alpha value is -0.260. The minimum absolute atomic E-state index is 0. The molecule has 0 spiro atoms. The van der Waals surface area contributed by atoms with Crippen LogP contribution in [-0.4, -0.2) is 0 Å². The maximum atomic E-state index is 3.56. The van der Waals surface area contributed by atoms with Gasteiger partial charge in [0.15, 0.2) is 0 Å². The van der Waals surface area contributed by atoms with Crippen molar-refractivity contribution in [3.8, 4) is 0 Å². The first kappa shape index (κ1) is 15.9. The SMILES string of the molecule is C.C=C(C)C.CCCC. The van der Waals surface area contributed by atoms with Crippen molar-refractivity contribution in [3.63, 3.8) is 0 Å². The Morgan fingerprint density at radius 3 is 1.22 bits per heavy atom. The normalized spacial score (nSPS) is 6.22. The molecule has 0 unspecified atom stereocenters. The zero-order valence-corrected chi connectivity index (χ0v) is 6.62. The number of hydrogen-bond acceptors (Lipinski definition) is 0. The molecule has 0 aliphatic heterocycles. The molecule has 0 atom stereocenters. The minimum Gasteiger partial charge on any atom is -0.100 e. The van der Waals surface area contributed by atoms with Crippen molar-refractivity contribution in [2.75, 3.05) is 0 Å². The topological polar surface area (TPSA) is 0 Å². The summed E-state index contributed by atoms with van der Waals surface area (Å²) in [7, 11) is 0. The van der Waals surface area contributed by atoms with E-state index in [9.17, 15) is 0 Å². The predicted molar refractivity (Wildman–Crippen MR) is 47.8 cm³/mol. The highest BCUT2D eigenvalue weighted by Gasteiger charge is 1.56. The average molecular weight is 130 g/mol. The van der Waals surface area contributed by atoms with Crippen LogP contribution in [-0.2, 0) is 0 Å². The largest absolute Gasteiger partial charge is 0.100 e. The first-order valence-corrected chi connectivity index (χ1v) is 3.27. The van der Waals surface area contributed by atoms with E-state index in [0.717, 1.165) is 0 Å². The van der Waals surface area contributed by atoms with E-state index < -0.39 is 0 Å². The lowest BCUT2D eigenvalue weighted by atomic mass is 10.4. The number of hydrogen-bond donors (Lipinski definition) is 0. The van der Waals surface area contributed by atoms with Crippen LogP contribution in [0.25, 0.3) is 0 Å². The lowest BCUT2D eigenvalue weighted by molar-refractivity contribution is 0.886. The van der Waals surface area contributed by atoms with E-state index in [4.69, 9.17) is 0 Å². The van der Waals surface area contributed by atoms with Crippen molar-refractivity contribution in [2.24, 2.45) is 0 Å². The fourth-order valence-electron chi connectivity index (χ4n) is 0. The van der Waals surface area contributed by atoms with Crippen LogP contribution < -0.4 is 0 Å². The van der Waals surface area contributed by atoms with E-state index in [-0.39, 0.29) is 7.43 Å². The van der Waals surface area contributed by atoms with Gasteiger partial charge in [-0.15, -0.1) is 6.58 Å². The van der Waals surface area contributed by atoms with Gasteiger partial charge in [0.2, 0.25) is 0 Å². The summed E-state index contributed by atoms with van der Waals surface area (Å²) in [6.07, 6.45) is 2.64. The second kappa shape index (κ2) is 15.6. The van der Waals surface area contributed by atoms with Crippen molar-refractivity contribution < 1.29 is 0 Å². The van der Waals surface area contributed by atoms with Gasteiger partial charge < -0.3 is 0 Å². The van der Waals surface area contributed by atoms with Gasteiger partial charge in [-0.25, -0.2) is 0 Å². The third kappa shape index (κ3) is 466. The summed E-state index contributed by atoms with van der Waals surface area (Å²) in [5.41, 5.74) is 1.17. The Bertz CT molecular complexity index is 38.0. The first-order valence-electron chi connectivity index (χ1n) is 3.27. The van der Waals surface area contributed by atoms with Crippen LogP contribution >= 0.6 is 0 Å². The molecule has 0 saturated carbocycles. The maximum absolute atomic E-state index is 3.56. The summed E-state index contributed by atoms with van der Waals surface area (Å²) in [6, 6.07) is 0. The molecule has 0 aliphatic carbocycles. The zero-order chi connectivity index (χ0) is 6.99. The summed E-state index contributed by atoms with van der Waals surface area (Å²) in [5, 5.41) is 0. The monoisotopic (exact) mass is 130 g/mol. The Kier molecular flexibility index (Phi) is 27.6. The molecular formula is C9H22. The van der Waals surface area contributed by atoms with Crippen LogP contribution in [0.3, 0.4) is 0 Å². The second-order valence-corrected chi connectivity index (χ2v) is 2.21. The van der Waals surface area contributed by atoms with Gasteiger partial charge >= 0.3 is 0 Å². The summed E-state index contributed by atoms with van der Waals surface area (Å²) < 4.78 is 0. The fraction of sp³-hybridized carbons (Fsp3) is 0.778. The van der Waals surface area contributed by atoms with Gasteiger partial charge in [-0.3, -0.25) is 0 Å². The van der Waals surface area contributed by atoms with E-state index in [0.29, 0.717) is 0 Å². The van der Waals surface area contributed by atoms with E-state index in [2.05, 4.69) is 20.4 Å². The van der Waals surface area contributed by atoms with E-state index in [1.54, 1.807) is 0 Å².